The molecule has 0 bridgehead atoms. The second kappa shape index (κ2) is 16.6. The SMILES string of the molecule is Cl.N.N.NC[C@@H]1CCCC1c1nc(Nc2ccc(C(=O)CC(=O)Nc3ccc4c(c3)OC(F)(F)O4)cc2)nc(N2CCCCC2)n1.O.[HH].[HH].[HH].[HH]. The largest absolute Gasteiger partial charge is 0.586 e. The standard InChI is InChI=1S/C30H33F2N7O4.ClH.2H3N.H2O.4H2/c31-30(32)42-24-12-11-21(15-25(24)43-30)34-26(41)16-23(40)18-7-9-20(10-8-18)35-28-36-27(22-6-4-5-19(22)17-33)37-29(38-28)39-13-2-1-3-14-39;;;;;;;;/h7-12,15,19,22H,1-6,13-14,16-17,33H2,(H,34,41)(H,35,36,37,38);1H;2*1H3;1H2;4*1H/t19-,22?;;;;;;;;/m0......../s1. The Hall–Kier alpha value is -4.22. The first-order valence-corrected chi connectivity index (χ1v) is 14.6. The predicted octanol–water partition coefficient (Wildman–Crippen LogP) is 5.89. The van der Waals surface area contributed by atoms with E-state index in [4.69, 9.17) is 20.7 Å². The molecule has 0 radical (unpaired) electrons. The van der Waals surface area contributed by atoms with E-state index in [9.17, 15) is 18.4 Å². The zero-order valence-electron chi connectivity index (χ0n) is 25.8. The summed E-state index contributed by atoms with van der Waals surface area (Å²) < 4.78 is 35.2. The highest BCUT2D eigenvalue weighted by Crippen LogP contribution is 2.42. The normalized spacial score (nSPS) is 18.8. The molecule has 2 aromatic carbocycles. The first-order valence-electron chi connectivity index (χ1n) is 14.6. The summed E-state index contributed by atoms with van der Waals surface area (Å²) in [6.07, 6.45) is 2.37. The van der Waals surface area contributed by atoms with Crippen LogP contribution in [-0.4, -0.2) is 58.0 Å². The van der Waals surface area contributed by atoms with E-state index in [2.05, 4.69) is 25.0 Å². The monoisotopic (exact) mass is 689 g/mol. The fourth-order valence-corrected chi connectivity index (χ4v) is 5.84. The smallest absolute Gasteiger partial charge is 0.412 e. The van der Waals surface area contributed by atoms with E-state index in [-0.39, 0.29) is 59.0 Å². The number of nitrogens with zero attached hydrogens (tertiary/aromatic N) is 4. The van der Waals surface area contributed by atoms with Gasteiger partial charge < -0.3 is 48.5 Å². The van der Waals surface area contributed by atoms with Crippen molar-refractivity contribution in [2.24, 2.45) is 11.7 Å². The van der Waals surface area contributed by atoms with Crippen molar-refractivity contribution in [1.82, 2.24) is 27.3 Å². The summed E-state index contributed by atoms with van der Waals surface area (Å²) in [5.41, 5.74) is 7.28. The molecule has 266 valence electrons. The maximum Gasteiger partial charge on any atom is 0.586 e. The maximum absolute atomic E-state index is 13.2. The number of aromatic nitrogens is 3. The van der Waals surface area contributed by atoms with Crippen LogP contribution in [0.1, 0.15) is 72.8 Å². The number of nitrogens with two attached hydrogens (primary N) is 1. The zero-order chi connectivity index (χ0) is 30.0. The van der Waals surface area contributed by atoms with Gasteiger partial charge in [0.15, 0.2) is 17.3 Å². The molecule has 1 unspecified atom stereocenters. The van der Waals surface area contributed by atoms with Gasteiger partial charge in [-0.1, -0.05) is 6.42 Å². The van der Waals surface area contributed by atoms with Crippen molar-refractivity contribution >= 4 is 47.4 Å². The second-order valence-corrected chi connectivity index (χ2v) is 11.1. The second-order valence-electron chi connectivity index (χ2n) is 11.1. The van der Waals surface area contributed by atoms with Gasteiger partial charge in [0, 0.05) is 47.7 Å². The molecule has 1 amide bonds. The third kappa shape index (κ3) is 9.20. The number of carbonyl (C=O) groups is 2. The number of carbonyl (C=O) groups excluding carboxylic acids is 2. The number of hydrogen-bond donors (Lipinski definition) is 5. The molecule has 1 aliphatic carbocycles. The van der Waals surface area contributed by atoms with Crippen molar-refractivity contribution in [2.45, 2.75) is 57.2 Å². The fraction of sp³-hybridized carbons (Fsp3) is 0.433. The van der Waals surface area contributed by atoms with Crippen molar-refractivity contribution in [2.75, 3.05) is 35.2 Å². The Balaban J connectivity index is -0.00000288. The maximum atomic E-state index is 13.2. The molecule has 1 saturated carbocycles. The molecule has 17 heteroatoms. The number of fused-ring (bicyclic) bond motifs is 1. The van der Waals surface area contributed by atoms with Crippen molar-refractivity contribution in [3.05, 3.63) is 53.9 Å². The van der Waals surface area contributed by atoms with Gasteiger partial charge in [-0.2, -0.15) is 15.0 Å². The van der Waals surface area contributed by atoms with Gasteiger partial charge >= 0.3 is 6.29 Å². The van der Waals surface area contributed by atoms with Crippen LogP contribution in [0.4, 0.5) is 32.1 Å². The Morgan fingerprint density at radius 1 is 0.936 bits per heavy atom. The zero-order valence-corrected chi connectivity index (χ0v) is 26.7. The number of piperidine rings is 1. The van der Waals surface area contributed by atoms with E-state index in [1.54, 1.807) is 24.3 Å². The van der Waals surface area contributed by atoms with Gasteiger partial charge in [0.1, 0.15) is 5.82 Å². The van der Waals surface area contributed by atoms with Crippen LogP contribution in [0, 0.1) is 5.92 Å². The Kier molecular flexibility index (Phi) is 13.7. The molecule has 6 rings (SSSR count). The topological polar surface area (TPSA) is 246 Å². The van der Waals surface area contributed by atoms with Gasteiger partial charge in [-0.3, -0.25) is 9.59 Å². The van der Waals surface area contributed by atoms with Crippen LogP contribution in [0.3, 0.4) is 0 Å². The summed E-state index contributed by atoms with van der Waals surface area (Å²) in [7, 11) is 0. The van der Waals surface area contributed by atoms with E-state index in [1.807, 2.05) is 0 Å². The number of benzene rings is 2. The molecule has 2 fully saturated rings. The molecule has 12 N–H and O–H groups in total. The molecule has 14 nitrogen and oxygen atoms in total. The number of ether oxygens (including phenoxy) is 2. The summed E-state index contributed by atoms with van der Waals surface area (Å²) in [6, 6.07) is 10.6. The fourth-order valence-electron chi connectivity index (χ4n) is 5.84. The number of anilines is 4. The van der Waals surface area contributed by atoms with Crippen LogP contribution in [0.15, 0.2) is 42.5 Å². The molecule has 2 atom stereocenters. The summed E-state index contributed by atoms with van der Waals surface area (Å²) >= 11 is 0. The molecule has 1 saturated heterocycles. The molecular formula is C30H50ClF2N9O5. The molecule has 1 aromatic heterocycles. The summed E-state index contributed by atoms with van der Waals surface area (Å²) in [5.74, 6) is 1.08. The van der Waals surface area contributed by atoms with E-state index < -0.39 is 24.4 Å². The Bertz CT molecular complexity index is 1530. The van der Waals surface area contributed by atoms with Gasteiger partial charge in [-0.15, -0.1) is 21.2 Å². The number of nitrogens with one attached hydrogen (secondary N) is 2. The van der Waals surface area contributed by atoms with E-state index >= 15 is 0 Å². The lowest BCUT2D eigenvalue weighted by molar-refractivity contribution is -0.286. The minimum Gasteiger partial charge on any atom is -0.412 e. The van der Waals surface area contributed by atoms with Crippen molar-refractivity contribution in [3.63, 3.8) is 0 Å². The van der Waals surface area contributed by atoms with Crippen LogP contribution in [-0.2, 0) is 4.79 Å². The number of halogens is 3. The molecule has 0 spiro atoms. The van der Waals surface area contributed by atoms with E-state index in [1.165, 1.54) is 24.6 Å². The van der Waals surface area contributed by atoms with Gasteiger partial charge in [-0.05, 0) is 81.0 Å². The molecule has 3 heterocycles. The van der Waals surface area contributed by atoms with Crippen LogP contribution in [0.25, 0.3) is 0 Å². The third-order valence-electron chi connectivity index (χ3n) is 8.04. The average molecular weight is 690 g/mol. The highest BCUT2D eigenvalue weighted by molar-refractivity contribution is 6.11. The number of hydrogen-bond acceptors (Lipinski definition) is 12. The lowest BCUT2D eigenvalue weighted by atomic mass is 9.95. The lowest BCUT2D eigenvalue weighted by Crippen LogP contribution is -2.32. The number of amides is 1. The van der Waals surface area contributed by atoms with Crippen LogP contribution in [0.2, 0.25) is 0 Å². The van der Waals surface area contributed by atoms with Crippen molar-refractivity contribution in [1.29, 1.82) is 0 Å². The first-order chi connectivity index (χ1) is 20.8. The van der Waals surface area contributed by atoms with Crippen LogP contribution < -0.4 is 43.0 Å². The summed E-state index contributed by atoms with van der Waals surface area (Å²) in [6.45, 7) is 2.41. The summed E-state index contributed by atoms with van der Waals surface area (Å²) in [5, 5.41) is 5.78. The quantitative estimate of drug-likeness (QED) is 0.130. The highest BCUT2D eigenvalue weighted by Gasteiger charge is 2.43. The lowest BCUT2D eigenvalue weighted by Gasteiger charge is -2.28. The summed E-state index contributed by atoms with van der Waals surface area (Å²) in [4.78, 5) is 41.8. The van der Waals surface area contributed by atoms with Gasteiger partial charge in [-0.25, -0.2) is 0 Å². The minimum absolute atomic E-state index is 0. The molecule has 3 aliphatic rings. The molecule has 2 aliphatic heterocycles. The Morgan fingerprint density at radius 2 is 1.62 bits per heavy atom. The molecular weight excluding hydrogens is 640 g/mol. The van der Waals surface area contributed by atoms with Gasteiger partial charge in [0.25, 0.3) is 0 Å². The van der Waals surface area contributed by atoms with Crippen LogP contribution >= 0.6 is 12.4 Å². The number of rotatable bonds is 9. The molecule has 3 aromatic rings. The van der Waals surface area contributed by atoms with Crippen LogP contribution in [0.5, 0.6) is 11.5 Å². The Morgan fingerprint density at radius 3 is 2.32 bits per heavy atom. The number of alkyl halides is 2. The van der Waals surface area contributed by atoms with Gasteiger partial charge in [0.05, 0.1) is 6.42 Å². The van der Waals surface area contributed by atoms with E-state index in [0.717, 1.165) is 51.0 Å². The number of ketones is 1. The Labute approximate surface area is 283 Å². The minimum atomic E-state index is -3.76. The predicted molar refractivity (Wildman–Crippen MR) is 184 cm³/mol. The molecule has 47 heavy (non-hydrogen) atoms. The van der Waals surface area contributed by atoms with Crippen molar-refractivity contribution in [3.8, 4) is 11.5 Å². The highest BCUT2D eigenvalue weighted by atomic mass is 35.5. The third-order valence-corrected chi connectivity index (χ3v) is 8.04. The average Bonchev–Trinajstić information content (AvgIpc) is 3.60. The van der Waals surface area contributed by atoms with Crippen molar-refractivity contribution < 1.29 is 39.0 Å². The first kappa shape index (κ1) is 39.0. The number of Topliss-reactive ketones (excluding diaryl/α,β-unsaturated/α-hetero) is 1. The van der Waals surface area contributed by atoms with Gasteiger partial charge in [0.2, 0.25) is 17.8 Å². The van der Waals surface area contributed by atoms with E-state index in [0.29, 0.717) is 35.6 Å².